The third-order valence-electron chi connectivity index (χ3n) is 18.3. The molecule has 0 radical (unpaired) electrons. The Bertz CT molecular complexity index is 1860. The van der Waals surface area contributed by atoms with Gasteiger partial charge in [0.05, 0.1) is 26.4 Å². The molecule has 0 fully saturated rings. The summed E-state index contributed by atoms with van der Waals surface area (Å²) in [5, 5.41) is 10.6. The van der Waals surface area contributed by atoms with E-state index in [2.05, 4.69) is 41.5 Å². The van der Waals surface area contributed by atoms with E-state index in [4.69, 9.17) is 37.0 Å². The highest BCUT2D eigenvalue weighted by molar-refractivity contribution is 7.47. The fourth-order valence-electron chi connectivity index (χ4n) is 11.8. The molecule has 6 atom stereocenters. The van der Waals surface area contributed by atoms with Crippen molar-refractivity contribution in [3.8, 4) is 0 Å². The van der Waals surface area contributed by atoms with Gasteiger partial charge in [-0.3, -0.25) is 37.3 Å². The highest BCUT2D eigenvalue weighted by Crippen LogP contribution is 2.45. The number of carbonyl (C=O) groups is 4. The second kappa shape index (κ2) is 68.8. The maximum absolute atomic E-state index is 13.1. The lowest BCUT2D eigenvalue weighted by Gasteiger charge is -2.21. The van der Waals surface area contributed by atoms with Crippen LogP contribution in [0.25, 0.3) is 0 Å². The van der Waals surface area contributed by atoms with E-state index in [-0.39, 0.29) is 25.7 Å². The average molecular weight is 1410 g/mol. The number of ether oxygens (including phenoxy) is 4. The molecular weight excluding hydrogens is 1260 g/mol. The number of aliphatic hydroxyl groups excluding tert-OH is 1. The van der Waals surface area contributed by atoms with Gasteiger partial charge in [-0.25, -0.2) is 9.13 Å². The zero-order chi connectivity index (χ0) is 70.7. The first-order chi connectivity index (χ1) is 46.4. The van der Waals surface area contributed by atoms with Gasteiger partial charge in [-0.15, -0.1) is 0 Å². The number of aliphatic hydroxyl groups is 1. The van der Waals surface area contributed by atoms with Gasteiger partial charge >= 0.3 is 39.5 Å². The second-order valence-corrected chi connectivity index (χ2v) is 31.4. The van der Waals surface area contributed by atoms with E-state index in [1.54, 1.807) is 0 Å². The van der Waals surface area contributed by atoms with Crippen molar-refractivity contribution >= 4 is 39.5 Å². The molecule has 0 heterocycles. The van der Waals surface area contributed by atoms with E-state index in [0.717, 1.165) is 108 Å². The van der Waals surface area contributed by atoms with E-state index in [9.17, 15) is 43.2 Å². The van der Waals surface area contributed by atoms with Crippen molar-refractivity contribution in [2.45, 2.75) is 419 Å². The predicted octanol–water partition coefficient (Wildman–Crippen LogP) is 22.7. The summed E-state index contributed by atoms with van der Waals surface area (Å²) in [6.07, 6.45) is 57.4. The number of hydrogen-bond donors (Lipinski definition) is 3. The van der Waals surface area contributed by atoms with Gasteiger partial charge in [0.2, 0.25) is 0 Å². The third-order valence-corrected chi connectivity index (χ3v) is 20.2. The van der Waals surface area contributed by atoms with Gasteiger partial charge in [-0.05, 0) is 37.5 Å². The molecule has 0 aromatic heterocycles. The van der Waals surface area contributed by atoms with Gasteiger partial charge in [0.1, 0.15) is 19.3 Å². The number of hydrogen-bond acceptors (Lipinski definition) is 15. The Balaban J connectivity index is 5.12. The van der Waals surface area contributed by atoms with Crippen LogP contribution >= 0.6 is 15.6 Å². The quantitative estimate of drug-likeness (QED) is 0.0222. The fourth-order valence-corrected chi connectivity index (χ4v) is 13.4. The minimum Gasteiger partial charge on any atom is -0.462 e. The molecule has 0 saturated carbocycles. The molecule has 3 unspecified atom stereocenters. The Morgan fingerprint density at radius 1 is 0.302 bits per heavy atom. The van der Waals surface area contributed by atoms with Crippen LogP contribution in [0.2, 0.25) is 0 Å². The standard InChI is InChI=1S/C77H150O17P2/c1-7-10-12-14-15-16-17-18-19-20-21-22-23-24-27-31-34-37-43-49-55-61-76(81)94-73(66-88-75(80)60-54-48-42-36-33-30-28-25-26-29-32-35-40-46-51-57-69(4)5)68-92-96(85,86)90-64-71(78)63-89-95(83,84)91-67-72(65-87-74(79)59-53-45-13-11-8-2)93-77(82)62-56-50-44-39-38-41-47-52-58-70(6)9-3/h69-73,78H,7-68H2,1-6H3,(H,83,84)(H,85,86)/t70?,71-,72+,73+/m0/s1. The Morgan fingerprint density at radius 3 is 0.792 bits per heavy atom. The molecular formula is C77H150O17P2. The summed E-state index contributed by atoms with van der Waals surface area (Å²) in [5.41, 5.74) is 0. The molecule has 19 heteroatoms. The van der Waals surface area contributed by atoms with Crippen molar-refractivity contribution in [2.24, 2.45) is 11.8 Å². The number of unbranched alkanes of at least 4 members (excludes halogenated alkanes) is 45. The first kappa shape index (κ1) is 94.1. The van der Waals surface area contributed by atoms with Gasteiger partial charge in [0.15, 0.2) is 12.2 Å². The van der Waals surface area contributed by atoms with Crippen LogP contribution in [0.1, 0.15) is 401 Å². The molecule has 0 saturated heterocycles. The minimum atomic E-state index is -4.96. The maximum atomic E-state index is 13.1. The van der Waals surface area contributed by atoms with Gasteiger partial charge < -0.3 is 33.8 Å². The molecule has 0 spiro atoms. The van der Waals surface area contributed by atoms with Crippen LogP contribution in [0.5, 0.6) is 0 Å². The van der Waals surface area contributed by atoms with Gasteiger partial charge in [-0.2, -0.15) is 0 Å². The number of phosphoric ester groups is 2. The first-order valence-electron chi connectivity index (χ1n) is 40.0. The smallest absolute Gasteiger partial charge is 0.462 e. The van der Waals surface area contributed by atoms with Crippen LogP contribution in [0.3, 0.4) is 0 Å². The molecule has 0 rings (SSSR count). The van der Waals surface area contributed by atoms with Crippen molar-refractivity contribution in [1.29, 1.82) is 0 Å². The van der Waals surface area contributed by atoms with E-state index < -0.39 is 97.5 Å². The van der Waals surface area contributed by atoms with Gasteiger partial charge in [0.25, 0.3) is 0 Å². The molecule has 0 aromatic carbocycles. The van der Waals surface area contributed by atoms with Crippen molar-refractivity contribution in [3.63, 3.8) is 0 Å². The topological polar surface area (TPSA) is 237 Å². The number of carbonyl (C=O) groups excluding carboxylic acids is 4. The lowest BCUT2D eigenvalue weighted by molar-refractivity contribution is -0.161. The second-order valence-electron chi connectivity index (χ2n) is 28.5. The third kappa shape index (κ3) is 69.2. The number of phosphoric acid groups is 2. The monoisotopic (exact) mass is 1410 g/mol. The van der Waals surface area contributed by atoms with E-state index in [1.807, 2.05) is 0 Å². The summed E-state index contributed by atoms with van der Waals surface area (Å²) in [6.45, 7) is 9.53. The Morgan fingerprint density at radius 2 is 0.531 bits per heavy atom. The zero-order valence-electron chi connectivity index (χ0n) is 62.7. The summed E-state index contributed by atoms with van der Waals surface area (Å²) in [6, 6.07) is 0. The van der Waals surface area contributed by atoms with Crippen LogP contribution < -0.4 is 0 Å². The van der Waals surface area contributed by atoms with Crippen LogP contribution in [0.15, 0.2) is 0 Å². The lowest BCUT2D eigenvalue weighted by Crippen LogP contribution is -2.30. The number of esters is 4. The Hall–Kier alpha value is -1.94. The fraction of sp³-hybridized carbons (Fsp3) is 0.948. The molecule has 0 aromatic rings. The summed E-state index contributed by atoms with van der Waals surface area (Å²) in [4.78, 5) is 72.5. The van der Waals surface area contributed by atoms with E-state index in [0.29, 0.717) is 25.7 Å². The zero-order valence-corrected chi connectivity index (χ0v) is 64.5. The Kier molecular flexibility index (Phi) is 67.4. The molecule has 17 nitrogen and oxygen atoms in total. The summed E-state index contributed by atoms with van der Waals surface area (Å²) in [7, 11) is -9.90. The molecule has 3 N–H and O–H groups in total. The molecule has 0 aliphatic rings. The van der Waals surface area contributed by atoms with Gasteiger partial charge in [0, 0.05) is 25.7 Å². The highest BCUT2D eigenvalue weighted by Gasteiger charge is 2.30. The van der Waals surface area contributed by atoms with Crippen molar-refractivity contribution < 1.29 is 80.2 Å². The summed E-state index contributed by atoms with van der Waals surface area (Å²) in [5.74, 6) is -0.552. The largest absolute Gasteiger partial charge is 0.472 e. The summed E-state index contributed by atoms with van der Waals surface area (Å²) >= 11 is 0. The van der Waals surface area contributed by atoms with Crippen LogP contribution in [-0.4, -0.2) is 96.7 Å². The molecule has 0 bridgehead atoms. The van der Waals surface area contributed by atoms with Crippen LogP contribution in [0, 0.1) is 11.8 Å². The molecule has 0 amide bonds. The molecule has 0 aliphatic carbocycles. The normalized spacial score (nSPS) is 14.3. The molecule has 96 heavy (non-hydrogen) atoms. The van der Waals surface area contributed by atoms with E-state index >= 15 is 0 Å². The molecule has 570 valence electrons. The molecule has 0 aliphatic heterocycles. The summed E-state index contributed by atoms with van der Waals surface area (Å²) < 4.78 is 68.3. The first-order valence-corrected chi connectivity index (χ1v) is 43.0. The van der Waals surface area contributed by atoms with Crippen LogP contribution in [0.4, 0.5) is 0 Å². The SMILES string of the molecule is CCCCCCCCCCCCCCCCCCCCCCCC(=O)O[C@H](COC(=O)CCCCCCCCCCCCCCCCCC(C)C)COP(=O)(O)OC[C@@H](O)COP(=O)(O)OC[C@@H](COC(=O)CCCCCCC)OC(=O)CCCCCCCCCCC(C)CC. The lowest BCUT2D eigenvalue weighted by atomic mass is 9.99. The predicted molar refractivity (Wildman–Crippen MR) is 391 cm³/mol. The van der Waals surface area contributed by atoms with Crippen molar-refractivity contribution in [1.82, 2.24) is 0 Å². The minimum absolute atomic E-state index is 0.104. The van der Waals surface area contributed by atoms with Crippen molar-refractivity contribution in [2.75, 3.05) is 39.6 Å². The van der Waals surface area contributed by atoms with Gasteiger partial charge in [-0.1, -0.05) is 350 Å². The van der Waals surface area contributed by atoms with Crippen LogP contribution in [-0.2, 0) is 65.4 Å². The maximum Gasteiger partial charge on any atom is 0.472 e. The van der Waals surface area contributed by atoms with E-state index in [1.165, 1.54) is 212 Å². The average Bonchev–Trinajstić information content (AvgIpc) is 1.72. The highest BCUT2D eigenvalue weighted by atomic mass is 31.2. The van der Waals surface area contributed by atoms with Crippen molar-refractivity contribution in [3.05, 3.63) is 0 Å². The number of rotatable bonds is 76. The Labute approximate surface area is 588 Å².